The number of carbonyl (C=O) groups is 2. The number of carbonyl (C=O) groups excluding carboxylic acids is 2. The molecular formula is C6H4AgO2. The summed E-state index contributed by atoms with van der Waals surface area (Å²) in [4.78, 5) is 20.6. The van der Waals surface area contributed by atoms with Gasteiger partial charge in [-0.25, -0.2) is 0 Å². The third kappa shape index (κ3) is 2.56. The molecule has 51 valence electrons. The summed E-state index contributed by atoms with van der Waals surface area (Å²) in [5, 5.41) is 0. The minimum absolute atomic E-state index is 0. The second kappa shape index (κ2) is 3.56. The van der Waals surface area contributed by atoms with Crippen molar-refractivity contribution < 1.29 is 32.0 Å². The van der Waals surface area contributed by atoms with Crippen LogP contribution in [0.5, 0.6) is 0 Å². The van der Waals surface area contributed by atoms with E-state index < -0.39 is 0 Å². The fraction of sp³-hybridized carbons (Fsp3) is 0. The second-order valence-electron chi connectivity index (χ2n) is 1.47. The van der Waals surface area contributed by atoms with Crippen molar-refractivity contribution >= 4 is 11.6 Å². The van der Waals surface area contributed by atoms with Crippen molar-refractivity contribution in [3.63, 3.8) is 0 Å². The molecular weight excluding hydrogens is 212 g/mol. The monoisotopic (exact) mass is 215 g/mol. The SMILES string of the molecule is O=C1C=CC(=O)C=C1.[Ag]. The molecule has 2 nitrogen and oxygen atoms in total. The van der Waals surface area contributed by atoms with Crippen molar-refractivity contribution in [2.75, 3.05) is 0 Å². The van der Waals surface area contributed by atoms with Crippen LogP contribution in [0.2, 0.25) is 0 Å². The molecule has 0 fully saturated rings. The van der Waals surface area contributed by atoms with Crippen molar-refractivity contribution in [3.05, 3.63) is 24.3 Å². The zero-order valence-corrected chi connectivity index (χ0v) is 5.91. The molecule has 0 spiro atoms. The maximum absolute atomic E-state index is 10.3. The van der Waals surface area contributed by atoms with E-state index in [1.165, 1.54) is 24.3 Å². The molecule has 0 aromatic rings. The summed E-state index contributed by atoms with van der Waals surface area (Å²) >= 11 is 0. The Morgan fingerprint density at radius 2 is 1.00 bits per heavy atom. The standard InChI is InChI=1S/C6H4O2.Ag/c7-5-1-2-6(8)4-3-5;/h1-4H;. The zero-order chi connectivity index (χ0) is 5.98. The van der Waals surface area contributed by atoms with Gasteiger partial charge in [-0.1, -0.05) is 0 Å². The number of hydrogen-bond donors (Lipinski definition) is 0. The fourth-order valence-electron chi connectivity index (χ4n) is 0.440. The second-order valence-corrected chi connectivity index (χ2v) is 1.47. The fourth-order valence-corrected chi connectivity index (χ4v) is 0.440. The molecule has 0 heterocycles. The van der Waals surface area contributed by atoms with Crippen molar-refractivity contribution in [1.29, 1.82) is 0 Å². The zero-order valence-electron chi connectivity index (χ0n) is 4.43. The third-order valence-corrected chi connectivity index (χ3v) is 0.824. The third-order valence-electron chi connectivity index (χ3n) is 0.824. The Labute approximate surface area is 68.1 Å². The van der Waals surface area contributed by atoms with Crippen molar-refractivity contribution in [3.8, 4) is 0 Å². The van der Waals surface area contributed by atoms with Gasteiger partial charge in [0, 0.05) is 22.4 Å². The van der Waals surface area contributed by atoms with Crippen LogP contribution in [0.25, 0.3) is 0 Å². The van der Waals surface area contributed by atoms with E-state index in [2.05, 4.69) is 0 Å². The predicted octanol–water partition coefficient (Wildman–Crippen LogP) is 0.248. The first kappa shape index (κ1) is 8.56. The first-order valence-corrected chi connectivity index (χ1v) is 2.23. The van der Waals surface area contributed by atoms with Crippen molar-refractivity contribution in [2.24, 2.45) is 0 Å². The first-order valence-electron chi connectivity index (χ1n) is 2.23. The van der Waals surface area contributed by atoms with Gasteiger partial charge in [0.2, 0.25) is 0 Å². The van der Waals surface area contributed by atoms with Crippen LogP contribution in [0.4, 0.5) is 0 Å². The Morgan fingerprint density at radius 1 is 0.778 bits per heavy atom. The number of hydrogen-bond acceptors (Lipinski definition) is 2. The molecule has 3 heteroatoms. The molecule has 0 saturated carbocycles. The molecule has 0 aliphatic heterocycles. The van der Waals surface area contributed by atoms with Gasteiger partial charge >= 0.3 is 0 Å². The summed E-state index contributed by atoms with van der Waals surface area (Å²) in [7, 11) is 0. The van der Waals surface area contributed by atoms with E-state index in [9.17, 15) is 9.59 Å². The Balaban J connectivity index is 0.000000640. The van der Waals surface area contributed by atoms with Gasteiger partial charge in [-0.05, 0) is 24.3 Å². The molecule has 0 N–H and O–H groups in total. The van der Waals surface area contributed by atoms with Crippen molar-refractivity contribution in [2.45, 2.75) is 0 Å². The van der Waals surface area contributed by atoms with Crippen LogP contribution in [0.15, 0.2) is 24.3 Å². The Morgan fingerprint density at radius 3 is 1.22 bits per heavy atom. The summed E-state index contributed by atoms with van der Waals surface area (Å²) < 4.78 is 0. The van der Waals surface area contributed by atoms with Gasteiger partial charge in [0.25, 0.3) is 0 Å². The van der Waals surface area contributed by atoms with E-state index in [1.807, 2.05) is 0 Å². The van der Waals surface area contributed by atoms with Crippen LogP contribution in [-0.4, -0.2) is 11.6 Å². The normalized spacial score (nSPS) is 15.6. The van der Waals surface area contributed by atoms with Gasteiger partial charge in [-0.15, -0.1) is 0 Å². The quantitative estimate of drug-likeness (QED) is 0.429. The molecule has 0 unspecified atom stereocenters. The molecule has 0 atom stereocenters. The summed E-state index contributed by atoms with van der Waals surface area (Å²) in [6, 6.07) is 0. The van der Waals surface area contributed by atoms with E-state index in [-0.39, 0.29) is 33.9 Å². The maximum Gasteiger partial charge on any atom is 0.178 e. The van der Waals surface area contributed by atoms with Crippen LogP contribution in [0, 0.1) is 0 Å². The van der Waals surface area contributed by atoms with Crippen LogP contribution in [-0.2, 0) is 32.0 Å². The Hall–Kier alpha value is -0.440. The molecule has 1 aliphatic rings. The molecule has 0 bridgehead atoms. The summed E-state index contributed by atoms with van der Waals surface area (Å²) in [6.45, 7) is 0. The van der Waals surface area contributed by atoms with E-state index >= 15 is 0 Å². The smallest absolute Gasteiger partial charge is 0.178 e. The number of allylic oxidation sites excluding steroid dienone is 4. The van der Waals surface area contributed by atoms with Crippen LogP contribution < -0.4 is 0 Å². The van der Waals surface area contributed by atoms with Gasteiger partial charge in [-0.2, -0.15) is 0 Å². The topological polar surface area (TPSA) is 34.1 Å². The van der Waals surface area contributed by atoms with Gasteiger partial charge in [0.1, 0.15) is 0 Å². The van der Waals surface area contributed by atoms with E-state index in [0.29, 0.717) is 0 Å². The summed E-state index contributed by atoms with van der Waals surface area (Å²) in [5.41, 5.74) is 0. The largest absolute Gasteiger partial charge is 0.290 e. The van der Waals surface area contributed by atoms with E-state index in [4.69, 9.17) is 0 Å². The van der Waals surface area contributed by atoms with E-state index in [1.54, 1.807) is 0 Å². The van der Waals surface area contributed by atoms with Crippen LogP contribution in [0.1, 0.15) is 0 Å². The molecule has 0 aromatic carbocycles. The van der Waals surface area contributed by atoms with Crippen molar-refractivity contribution in [1.82, 2.24) is 0 Å². The van der Waals surface area contributed by atoms with Gasteiger partial charge in [0.05, 0.1) is 0 Å². The summed E-state index contributed by atoms with van der Waals surface area (Å²) in [5.74, 6) is -0.241. The average molecular weight is 216 g/mol. The first-order chi connectivity index (χ1) is 3.79. The average Bonchev–Trinajstić information content (AvgIpc) is 1.77. The Bertz CT molecular complexity index is 153. The molecule has 1 rings (SSSR count). The van der Waals surface area contributed by atoms with Gasteiger partial charge in [-0.3, -0.25) is 9.59 Å². The maximum atomic E-state index is 10.3. The predicted molar refractivity (Wildman–Crippen MR) is 28.3 cm³/mol. The molecule has 1 radical (unpaired) electrons. The van der Waals surface area contributed by atoms with Crippen LogP contribution in [0.3, 0.4) is 0 Å². The molecule has 0 aromatic heterocycles. The molecule has 0 saturated heterocycles. The minimum atomic E-state index is -0.121. The number of rotatable bonds is 0. The van der Waals surface area contributed by atoms with Crippen LogP contribution >= 0.6 is 0 Å². The number of ketones is 2. The minimum Gasteiger partial charge on any atom is -0.290 e. The molecule has 0 amide bonds. The van der Waals surface area contributed by atoms with E-state index in [0.717, 1.165) is 0 Å². The van der Waals surface area contributed by atoms with Gasteiger partial charge in [0.15, 0.2) is 11.6 Å². The summed E-state index contributed by atoms with van der Waals surface area (Å²) in [6.07, 6.45) is 5.01. The molecule has 1 aliphatic carbocycles. The van der Waals surface area contributed by atoms with Gasteiger partial charge < -0.3 is 0 Å². The molecule has 9 heavy (non-hydrogen) atoms. The Kier molecular flexibility index (Phi) is 3.39.